The molecule has 0 amide bonds. The lowest BCUT2D eigenvalue weighted by atomic mass is 9.81. The lowest BCUT2D eigenvalue weighted by Gasteiger charge is -2.40. The molecule has 1 unspecified atom stereocenters. The van der Waals surface area contributed by atoms with Crippen molar-refractivity contribution in [2.75, 3.05) is 0 Å². The van der Waals surface area contributed by atoms with E-state index < -0.39 is 18.5 Å². The van der Waals surface area contributed by atoms with E-state index in [0.29, 0.717) is 12.5 Å². The van der Waals surface area contributed by atoms with Gasteiger partial charge in [0.1, 0.15) is 0 Å². The van der Waals surface area contributed by atoms with Crippen molar-refractivity contribution in [1.82, 2.24) is 9.55 Å². The van der Waals surface area contributed by atoms with Gasteiger partial charge in [-0.15, -0.1) is 0 Å². The number of benzene rings is 1. The Bertz CT molecular complexity index is 750. The van der Waals surface area contributed by atoms with Gasteiger partial charge in [-0.1, -0.05) is 25.3 Å². The summed E-state index contributed by atoms with van der Waals surface area (Å²) in [6.07, 6.45) is 8.52. The van der Waals surface area contributed by atoms with Gasteiger partial charge in [0.25, 0.3) is 0 Å². The molecule has 1 heterocycles. The molecule has 3 rings (SSSR count). The molecular weight excluding hydrogens is 331 g/mol. The van der Waals surface area contributed by atoms with Crippen LogP contribution in [0.2, 0.25) is 0 Å². The fourth-order valence-electron chi connectivity index (χ4n) is 3.86. The Morgan fingerprint density at radius 2 is 1.88 bits per heavy atom. The van der Waals surface area contributed by atoms with Crippen molar-refractivity contribution < 1.29 is 19.8 Å². The van der Waals surface area contributed by atoms with Crippen LogP contribution < -0.4 is 0 Å². The molecule has 0 spiro atoms. The summed E-state index contributed by atoms with van der Waals surface area (Å²) in [5.74, 6) is 0. The molecule has 142 valence electrons. The van der Waals surface area contributed by atoms with Gasteiger partial charge in [-0.2, -0.15) is 0 Å². The SMILES string of the molecule is CC(C)(O)C(C)(Cc1ccc2c(c1)ncn2C1CCCCC1)OB(O)O. The molecule has 3 N–H and O–H groups in total. The monoisotopic (exact) mass is 360 g/mol. The summed E-state index contributed by atoms with van der Waals surface area (Å²) in [4.78, 5) is 4.57. The predicted octanol–water partition coefficient (Wildman–Crippen LogP) is 2.60. The van der Waals surface area contributed by atoms with E-state index in [9.17, 15) is 15.2 Å². The van der Waals surface area contributed by atoms with Gasteiger partial charge in [-0.3, -0.25) is 0 Å². The maximum absolute atomic E-state index is 10.5. The van der Waals surface area contributed by atoms with Crippen LogP contribution in [0.25, 0.3) is 11.0 Å². The number of rotatable bonds is 6. The first-order chi connectivity index (χ1) is 12.2. The zero-order chi connectivity index (χ0) is 18.9. The van der Waals surface area contributed by atoms with Crippen LogP contribution in [0.15, 0.2) is 24.5 Å². The third-order valence-corrected chi connectivity index (χ3v) is 5.81. The predicted molar refractivity (Wildman–Crippen MR) is 102 cm³/mol. The summed E-state index contributed by atoms with van der Waals surface area (Å²) >= 11 is 0. The molecule has 1 atom stereocenters. The van der Waals surface area contributed by atoms with Gasteiger partial charge in [0.05, 0.1) is 28.6 Å². The van der Waals surface area contributed by atoms with Gasteiger partial charge in [-0.25, -0.2) is 4.98 Å². The van der Waals surface area contributed by atoms with E-state index in [1.165, 1.54) is 32.1 Å². The second-order valence-corrected chi connectivity index (χ2v) is 8.18. The molecule has 1 fully saturated rings. The standard InChI is InChI=1S/C19H29BN2O4/c1-18(2,23)19(3,26-20(24)25)12-14-9-10-17-16(11-14)21-13-22(17)15-7-5-4-6-8-15/h9-11,13,15,23-25H,4-8,12H2,1-3H3. The molecule has 0 saturated heterocycles. The highest BCUT2D eigenvalue weighted by atomic mass is 16.6. The number of hydrogen-bond donors (Lipinski definition) is 3. The summed E-state index contributed by atoms with van der Waals surface area (Å²) in [7, 11) is -1.94. The van der Waals surface area contributed by atoms with Crippen molar-refractivity contribution in [3.8, 4) is 0 Å². The van der Waals surface area contributed by atoms with Crippen molar-refractivity contribution in [2.24, 2.45) is 0 Å². The normalized spacial score (nSPS) is 18.8. The molecule has 1 aliphatic rings. The van der Waals surface area contributed by atoms with E-state index in [1.54, 1.807) is 20.8 Å². The molecule has 0 radical (unpaired) electrons. The van der Waals surface area contributed by atoms with Crippen LogP contribution in [-0.2, 0) is 11.1 Å². The molecule has 2 aromatic rings. The Labute approximate surface area is 155 Å². The van der Waals surface area contributed by atoms with Crippen LogP contribution in [0, 0.1) is 0 Å². The molecule has 7 heteroatoms. The van der Waals surface area contributed by atoms with E-state index in [-0.39, 0.29) is 0 Å². The average Bonchev–Trinajstić information content (AvgIpc) is 2.97. The number of hydrogen-bond acceptors (Lipinski definition) is 5. The first-order valence-electron chi connectivity index (χ1n) is 9.41. The Hall–Kier alpha value is -1.41. The lowest BCUT2D eigenvalue weighted by Crippen LogP contribution is -2.54. The fourth-order valence-corrected chi connectivity index (χ4v) is 3.86. The molecule has 0 bridgehead atoms. The van der Waals surface area contributed by atoms with Gasteiger partial charge in [-0.05, 0) is 51.3 Å². The van der Waals surface area contributed by atoms with E-state index in [4.69, 9.17) is 4.65 Å². The van der Waals surface area contributed by atoms with Gasteiger partial charge in [0.2, 0.25) is 0 Å². The Kier molecular flexibility index (Phi) is 5.44. The Balaban J connectivity index is 1.87. The summed E-state index contributed by atoms with van der Waals surface area (Å²) < 4.78 is 7.53. The van der Waals surface area contributed by atoms with Crippen LogP contribution >= 0.6 is 0 Å². The number of fused-ring (bicyclic) bond motifs is 1. The zero-order valence-corrected chi connectivity index (χ0v) is 15.9. The number of imidazole rings is 1. The van der Waals surface area contributed by atoms with Crippen LogP contribution in [0.5, 0.6) is 0 Å². The molecule has 1 aliphatic carbocycles. The van der Waals surface area contributed by atoms with E-state index >= 15 is 0 Å². The Morgan fingerprint density at radius 1 is 1.19 bits per heavy atom. The number of aliphatic hydroxyl groups is 1. The van der Waals surface area contributed by atoms with Gasteiger partial charge in [0.15, 0.2) is 0 Å². The topological polar surface area (TPSA) is 87.7 Å². The smallest absolute Gasteiger partial charge is 0.402 e. The second kappa shape index (κ2) is 7.31. The highest BCUT2D eigenvalue weighted by molar-refractivity contribution is 6.32. The first kappa shape index (κ1) is 19.4. The molecule has 26 heavy (non-hydrogen) atoms. The molecule has 6 nitrogen and oxygen atoms in total. The van der Waals surface area contributed by atoms with E-state index in [2.05, 4.69) is 15.6 Å². The Morgan fingerprint density at radius 3 is 2.50 bits per heavy atom. The average molecular weight is 360 g/mol. The molecular formula is C19H29BN2O4. The highest BCUT2D eigenvalue weighted by Crippen LogP contribution is 2.33. The number of aromatic nitrogens is 2. The van der Waals surface area contributed by atoms with Crippen molar-refractivity contribution >= 4 is 18.4 Å². The third-order valence-electron chi connectivity index (χ3n) is 5.81. The first-order valence-corrected chi connectivity index (χ1v) is 9.41. The summed E-state index contributed by atoms with van der Waals surface area (Å²) in [5, 5.41) is 29.0. The molecule has 1 aromatic heterocycles. The van der Waals surface area contributed by atoms with E-state index in [1.807, 2.05) is 18.5 Å². The van der Waals surface area contributed by atoms with Crippen molar-refractivity contribution in [1.29, 1.82) is 0 Å². The molecule has 1 saturated carbocycles. The lowest BCUT2D eigenvalue weighted by molar-refractivity contribution is -0.119. The number of nitrogens with zero attached hydrogens (tertiary/aromatic N) is 2. The zero-order valence-electron chi connectivity index (χ0n) is 15.9. The largest absolute Gasteiger partial charge is 0.634 e. The summed E-state index contributed by atoms with van der Waals surface area (Å²) in [5.41, 5.74) is 0.551. The minimum atomic E-state index is -1.94. The summed E-state index contributed by atoms with van der Waals surface area (Å²) in [6, 6.07) is 6.58. The van der Waals surface area contributed by atoms with Crippen molar-refractivity contribution in [2.45, 2.75) is 76.5 Å². The molecule has 1 aromatic carbocycles. The van der Waals surface area contributed by atoms with Crippen molar-refractivity contribution in [3.05, 3.63) is 30.1 Å². The molecule has 0 aliphatic heterocycles. The third kappa shape index (κ3) is 3.96. The van der Waals surface area contributed by atoms with Gasteiger partial charge < -0.3 is 24.4 Å². The van der Waals surface area contributed by atoms with Crippen LogP contribution in [0.1, 0.15) is 64.5 Å². The fraction of sp³-hybridized carbons (Fsp3) is 0.632. The maximum atomic E-state index is 10.5. The minimum absolute atomic E-state index is 0.334. The maximum Gasteiger partial charge on any atom is 0.634 e. The van der Waals surface area contributed by atoms with Gasteiger partial charge in [0, 0.05) is 12.5 Å². The van der Waals surface area contributed by atoms with Crippen molar-refractivity contribution in [3.63, 3.8) is 0 Å². The highest BCUT2D eigenvalue weighted by Gasteiger charge is 2.43. The summed E-state index contributed by atoms with van der Waals surface area (Å²) in [6.45, 7) is 4.88. The van der Waals surface area contributed by atoms with Crippen LogP contribution in [-0.4, -0.2) is 43.2 Å². The quantitative estimate of drug-likeness (QED) is 0.690. The second-order valence-electron chi connectivity index (χ2n) is 8.18. The van der Waals surface area contributed by atoms with E-state index in [0.717, 1.165) is 16.6 Å². The minimum Gasteiger partial charge on any atom is -0.402 e. The van der Waals surface area contributed by atoms with Crippen LogP contribution in [0.3, 0.4) is 0 Å². The van der Waals surface area contributed by atoms with Crippen LogP contribution in [0.4, 0.5) is 0 Å². The van der Waals surface area contributed by atoms with Gasteiger partial charge >= 0.3 is 7.32 Å².